The third kappa shape index (κ3) is 10.1. The molecule has 3 heteroatoms. The molecule has 0 unspecified atom stereocenters. The van der Waals surface area contributed by atoms with E-state index in [1.807, 2.05) is 0 Å². The lowest BCUT2D eigenvalue weighted by atomic mass is 9.67. The van der Waals surface area contributed by atoms with E-state index in [0.717, 1.165) is 56.1 Å². The molecule has 117 heavy (non-hydrogen) atoms. The SMILES string of the molecule is CC1(C)c2ccccc2-c2cccc(-c3cccc(N(c4ccc5c(c4)C(c4ccccc4)(c4ccccc4)c4ccc(-c6ccc7c(c6)-c6cccc(-c8cccc(N(c9ccc%10c(c9)C(c9ccccc9)(c9ccccc9)c9ccccc9-%10)c9ccc%10ccccc%10c9)c8)c6C7(C)C)cc4-5)c4cccc5oc6ccccc6c45)c3)c21. The Morgan fingerprint density at radius 2 is 0.598 bits per heavy atom. The summed E-state index contributed by atoms with van der Waals surface area (Å²) in [6.07, 6.45) is 0. The van der Waals surface area contributed by atoms with Gasteiger partial charge in [-0.05, 0) is 246 Å². The van der Waals surface area contributed by atoms with Crippen molar-refractivity contribution >= 4 is 66.8 Å². The number of benzene rings is 18. The first-order valence-electron chi connectivity index (χ1n) is 41.0. The quantitative estimate of drug-likeness (QED) is 0.115. The molecule has 0 aliphatic heterocycles. The highest BCUT2D eigenvalue weighted by Gasteiger charge is 2.49. The lowest BCUT2D eigenvalue weighted by molar-refractivity contribution is 0.662. The largest absolute Gasteiger partial charge is 0.456 e. The zero-order valence-corrected chi connectivity index (χ0v) is 65.6. The number of anilines is 6. The first-order valence-corrected chi connectivity index (χ1v) is 41.0. The topological polar surface area (TPSA) is 19.6 Å². The van der Waals surface area contributed by atoms with Gasteiger partial charge in [-0.2, -0.15) is 0 Å². The second kappa shape index (κ2) is 26.1. The second-order valence-electron chi connectivity index (χ2n) is 33.3. The van der Waals surface area contributed by atoms with Gasteiger partial charge < -0.3 is 14.2 Å². The van der Waals surface area contributed by atoms with E-state index in [0.29, 0.717) is 0 Å². The van der Waals surface area contributed by atoms with Crippen molar-refractivity contribution in [3.05, 3.63) is 479 Å². The summed E-state index contributed by atoms with van der Waals surface area (Å²) in [4.78, 5) is 4.98. The predicted molar refractivity (Wildman–Crippen MR) is 487 cm³/mol. The molecule has 1 aromatic heterocycles. The van der Waals surface area contributed by atoms with Gasteiger partial charge in [0.2, 0.25) is 0 Å². The monoisotopic (exact) mass is 1490 g/mol. The Bertz CT molecular complexity index is 7190. The first-order chi connectivity index (χ1) is 57.5. The van der Waals surface area contributed by atoms with E-state index in [2.05, 4.69) is 450 Å². The first kappa shape index (κ1) is 68.2. The van der Waals surface area contributed by atoms with Crippen LogP contribution in [0.5, 0.6) is 0 Å². The van der Waals surface area contributed by atoms with E-state index in [1.165, 1.54) is 155 Å². The van der Waals surface area contributed by atoms with Gasteiger partial charge in [0, 0.05) is 44.7 Å². The summed E-state index contributed by atoms with van der Waals surface area (Å²) < 4.78 is 6.76. The summed E-state index contributed by atoms with van der Waals surface area (Å²) in [5, 5.41) is 4.54. The van der Waals surface area contributed by atoms with Crippen LogP contribution in [0, 0.1) is 0 Å². The highest BCUT2D eigenvalue weighted by Crippen LogP contribution is 2.62. The van der Waals surface area contributed by atoms with Crippen LogP contribution in [-0.4, -0.2) is 0 Å². The molecular weight excluding hydrogens is 1410 g/mol. The molecule has 0 saturated carbocycles. The van der Waals surface area contributed by atoms with Crippen LogP contribution in [-0.2, 0) is 21.7 Å². The Morgan fingerprint density at radius 1 is 0.214 bits per heavy atom. The summed E-state index contributed by atoms with van der Waals surface area (Å²) in [5.74, 6) is 0. The van der Waals surface area contributed by atoms with E-state index < -0.39 is 10.8 Å². The Hall–Kier alpha value is -14.4. The van der Waals surface area contributed by atoms with Crippen LogP contribution in [0.1, 0.15) is 94.5 Å². The standard InChI is InChI=1S/C114H80N2O/c1-111(2)99-51-22-19-45-91(99)94-49-27-47-88(109(94)111)78-33-26-43-84(68-78)116(105-53-29-55-107-108(105)96-46-21-24-54-106(96)117-107)87-61-63-93-97-69-76(58-65-102(97)114(104(93)72-87,81-38-13-7-14-39-81)82-40-15-8-16-41-82)75-57-64-100-98(70-75)95-50-28-48-89(110(95)112(100,3)4)77-32-25-42-83(67-77)115(85-59-56-73-30-17-18-31-74(73)66-85)86-60-62-92-90-44-20-23-52-101(90)113(103(92)71-86,79-34-9-5-10-35-79)80-36-11-6-12-37-80/h5-72H,1-4H3. The van der Waals surface area contributed by atoms with Crippen LogP contribution in [0.3, 0.4) is 0 Å². The number of rotatable bonds is 13. The number of hydrogen-bond donors (Lipinski definition) is 0. The van der Waals surface area contributed by atoms with E-state index >= 15 is 0 Å². The van der Waals surface area contributed by atoms with Gasteiger partial charge in [0.15, 0.2) is 0 Å². The van der Waals surface area contributed by atoms with Crippen molar-refractivity contribution in [2.75, 3.05) is 9.80 Å². The maximum Gasteiger partial charge on any atom is 0.137 e. The minimum absolute atomic E-state index is 0.206. The molecule has 4 aliphatic carbocycles. The smallest absolute Gasteiger partial charge is 0.137 e. The Morgan fingerprint density at radius 3 is 1.20 bits per heavy atom. The molecule has 23 rings (SSSR count). The molecule has 552 valence electrons. The summed E-state index contributed by atoms with van der Waals surface area (Å²) in [7, 11) is 0. The Labute approximate surface area is 683 Å². The Kier molecular flexibility index (Phi) is 15.2. The van der Waals surface area contributed by atoms with Crippen molar-refractivity contribution < 1.29 is 4.42 Å². The van der Waals surface area contributed by atoms with Gasteiger partial charge >= 0.3 is 0 Å². The zero-order chi connectivity index (χ0) is 77.9. The maximum atomic E-state index is 6.76. The van der Waals surface area contributed by atoms with Gasteiger partial charge in [0.05, 0.1) is 21.9 Å². The summed E-state index contributed by atoms with van der Waals surface area (Å²) in [6.45, 7) is 9.63. The van der Waals surface area contributed by atoms with Gasteiger partial charge in [-0.1, -0.05) is 349 Å². The molecular formula is C114H80N2O. The van der Waals surface area contributed by atoms with Crippen LogP contribution < -0.4 is 9.80 Å². The third-order valence-electron chi connectivity index (χ3n) is 26.5. The third-order valence-corrected chi connectivity index (χ3v) is 26.5. The highest BCUT2D eigenvalue weighted by molar-refractivity contribution is 6.14. The minimum Gasteiger partial charge on any atom is -0.456 e. The molecule has 0 spiro atoms. The molecule has 19 aromatic rings. The molecule has 0 atom stereocenters. The van der Waals surface area contributed by atoms with Gasteiger partial charge in [-0.15, -0.1) is 0 Å². The summed E-state index contributed by atoms with van der Waals surface area (Å²) in [5.41, 5.74) is 38.9. The molecule has 0 N–H and O–H groups in total. The van der Waals surface area contributed by atoms with E-state index in [1.54, 1.807) is 0 Å². The van der Waals surface area contributed by atoms with E-state index in [9.17, 15) is 0 Å². The average molecular weight is 1490 g/mol. The van der Waals surface area contributed by atoms with Crippen LogP contribution in [0.15, 0.2) is 417 Å². The molecule has 0 amide bonds. The highest BCUT2D eigenvalue weighted by atomic mass is 16.3. The molecule has 18 aromatic carbocycles. The van der Waals surface area contributed by atoms with Gasteiger partial charge in [-0.25, -0.2) is 0 Å². The maximum absolute atomic E-state index is 6.76. The fourth-order valence-electron chi connectivity index (χ4n) is 21.5. The lowest BCUT2D eigenvalue weighted by Gasteiger charge is -2.35. The van der Waals surface area contributed by atoms with Gasteiger partial charge in [-0.3, -0.25) is 0 Å². The van der Waals surface area contributed by atoms with Crippen molar-refractivity contribution in [3.63, 3.8) is 0 Å². The van der Waals surface area contributed by atoms with Crippen LogP contribution in [0.2, 0.25) is 0 Å². The molecule has 0 fully saturated rings. The van der Waals surface area contributed by atoms with Crippen LogP contribution in [0.25, 0.3) is 111 Å². The normalized spacial score (nSPS) is 14.3. The predicted octanol–water partition coefficient (Wildman–Crippen LogP) is 30.0. The fraction of sp³-hybridized carbons (Fsp3) is 0.0702. The summed E-state index contributed by atoms with van der Waals surface area (Å²) >= 11 is 0. The van der Waals surface area contributed by atoms with E-state index in [-0.39, 0.29) is 10.8 Å². The number of para-hydroxylation sites is 1. The lowest BCUT2D eigenvalue weighted by Crippen LogP contribution is -2.28. The number of furan rings is 1. The number of hydrogen-bond acceptors (Lipinski definition) is 3. The molecule has 0 bridgehead atoms. The molecule has 4 aliphatic rings. The van der Waals surface area contributed by atoms with Crippen LogP contribution >= 0.6 is 0 Å². The fourth-order valence-corrected chi connectivity index (χ4v) is 21.5. The molecule has 0 radical (unpaired) electrons. The van der Waals surface area contributed by atoms with E-state index in [4.69, 9.17) is 4.42 Å². The molecule has 3 nitrogen and oxygen atoms in total. The number of fused-ring (bicyclic) bond motifs is 16. The second-order valence-corrected chi connectivity index (χ2v) is 33.3. The van der Waals surface area contributed by atoms with Crippen molar-refractivity contribution in [2.45, 2.75) is 49.4 Å². The zero-order valence-electron chi connectivity index (χ0n) is 65.6. The van der Waals surface area contributed by atoms with Crippen molar-refractivity contribution in [1.82, 2.24) is 0 Å². The average Bonchev–Trinajstić information content (AvgIpc) is 1.56. The number of nitrogens with zero attached hydrogens (tertiary/aromatic N) is 2. The van der Waals surface area contributed by atoms with Gasteiger partial charge in [0.25, 0.3) is 0 Å². The molecule has 0 saturated heterocycles. The molecule has 1 heterocycles. The Balaban J connectivity index is 0.661. The van der Waals surface area contributed by atoms with Crippen molar-refractivity contribution in [3.8, 4) is 77.9 Å². The van der Waals surface area contributed by atoms with Crippen LogP contribution in [0.4, 0.5) is 34.1 Å². The van der Waals surface area contributed by atoms with Crippen molar-refractivity contribution in [2.24, 2.45) is 0 Å². The van der Waals surface area contributed by atoms with Gasteiger partial charge in [0.1, 0.15) is 11.2 Å². The summed E-state index contributed by atoms with van der Waals surface area (Å²) in [6, 6.07) is 155. The minimum atomic E-state index is -0.708. The van der Waals surface area contributed by atoms with Crippen molar-refractivity contribution in [1.29, 1.82) is 0 Å².